The number of nitrogens with one attached hydrogen (secondary N) is 1. The lowest BCUT2D eigenvalue weighted by molar-refractivity contribution is -0.105. The molecule has 1 aromatic rings. The zero-order valence-corrected chi connectivity index (χ0v) is 8.55. The topological polar surface area (TPSA) is 69.6 Å². The summed E-state index contributed by atoms with van der Waals surface area (Å²) < 4.78 is 0. The third-order valence-electron chi connectivity index (χ3n) is 1.41. The number of allylic oxidation sites excluding steroid dienone is 1. The first kappa shape index (κ1) is 13.4. The molecule has 0 saturated carbocycles. The fourth-order valence-electron chi connectivity index (χ4n) is 0.857. The largest absolute Gasteiger partial charge is 0.488 e. The van der Waals surface area contributed by atoms with Crippen molar-refractivity contribution in [2.75, 3.05) is 5.32 Å². The minimum absolute atomic E-state index is 0.349. The number of anilines is 1. The molecule has 4 nitrogen and oxygen atoms in total. The van der Waals surface area contributed by atoms with Crippen LogP contribution in [0, 0.1) is 0 Å². The Balaban J connectivity index is 0.000000583. The molecule has 5 heteroatoms. The van der Waals surface area contributed by atoms with Gasteiger partial charge in [0, 0.05) is 5.69 Å². The van der Waals surface area contributed by atoms with Gasteiger partial charge in [-0.2, -0.15) is 0 Å². The third kappa shape index (κ3) is 5.67. The number of hydrogen-bond acceptors (Lipinski definition) is 3. The average Bonchev–Trinajstić information content (AvgIpc) is 2.20. The van der Waals surface area contributed by atoms with Crippen molar-refractivity contribution in [3.05, 3.63) is 36.9 Å². The van der Waals surface area contributed by atoms with E-state index in [9.17, 15) is 4.79 Å². The van der Waals surface area contributed by atoms with E-state index in [-0.39, 0.29) is 0 Å². The summed E-state index contributed by atoms with van der Waals surface area (Å²) in [5.74, 6) is 0. The maximum atomic E-state index is 10.0. The molecule has 3 N–H and O–H groups in total. The van der Waals surface area contributed by atoms with E-state index in [0.29, 0.717) is 17.6 Å². The van der Waals surface area contributed by atoms with Crippen molar-refractivity contribution in [2.24, 2.45) is 0 Å². The van der Waals surface area contributed by atoms with Gasteiger partial charge in [-0.1, -0.05) is 18.2 Å². The monoisotopic (exact) mass is 207 g/mol. The van der Waals surface area contributed by atoms with Gasteiger partial charge in [0.2, 0.25) is 6.41 Å². The number of hydrogen-bond donors (Lipinski definition) is 3. The molecule has 0 spiro atoms. The van der Waals surface area contributed by atoms with Crippen molar-refractivity contribution < 1.29 is 14.8 Å². The van der Waals surface area contributed by atoms with E-state index in [1.165, 1.54) is 6.07 Å². The van der Waals surface area contributed by atoms with Gasteiger partial charge in [-0.15, -0.1) is 6.58 Å². The van der Waals surface area contributed by atoms with E-state index in [1.54, 1.807) is 24.3 Å². The smallest absolute Gasteiger partial charge is 0.423 e. The highest BCUT2D eigenvalue weighted by Gasteiger charge is 2.09. The van der Waals surface area contributed by atoms with Crippen LogP contribution in [0.1, 0.15) is 6.92 Å². The van der Waals surface area contributed by atoms with Gasteiger partial charge < -0.3 is 15.4 Å². The van der Waals surface area contributed by atoms with E-state index >= 15 is 0 Å². The van der Waals surface area contributed by atoms with Crippen LogP contribution >= 0.6 is 0 Å². The molecule has 0 aromatic heterocycles. The standard InChI is InChI=1S/C7H8BNO3.C3H6/c10-5-9-7-3-1-2-6(4-7)8(11)12;1-3-2/h1-5,11-12H,(H,9,10);3H,1H2,2H3. The van der Waals surface area contributed by atoms with Gasteiger partial charge >= 0.3 is 7.12 Å². The van der Waals surface area contributed by atoms with Crippen LogP contribution in [0.2, 0.25) is 0 Å². The molecular weight excluding hydrogens is 193 g/mol. The van der Waals surface area contributed by atoms with Crippen LogP contribution in [-0.2, 0) is 4.79 Å². The number of carbonyl (C=O) groups is 1. The Bertz CT molecular complexity index is 315. The Morgan fingerprint density at radius 1 is 1.47 bits per heavy atom. The highest BCUT2D eigenvalue weighted by molar-refractivity contribution is 6.58. The van der Waals surface area contributed by atoms with E-state index < -0.39 is 7.12 Å². The van der Waals surface area contributed by atoms with Gasteiger partial charge in [0.05, 0.1) is 0 Å². The van der Waals surface area contributed by atoms with Gasteiger partial charge in [0.25, 0.3) is 0 Å². The van der Waals surface area contributed by atoms with Crippen LogP contribution in [0.15, 0.2) is 36.9 Å². The van der Waals surface area contributed by atoms with Gasteiger partial charge in [0.15, 0.2) is 0 Å². The summed E-state index contributed by atoms with van der Waals surface area (Å²) in [5, 5.41) is 19.9. The lowest BCUT2D eigenvalue weighted by Crippen LogP contribution is -2.29. The zero-order valence-electron chi connectivity index (χ0n) is 8.55. The van der Waals surface area contributed by atoms with Crippen LogP contribution in [0.25, 0.3) is 0 Å². The van der Waals surface area contributed by atoms with Crippen LogP contribution in [0.5, 0.6) is 0 Å². The second-order valence-electron chi connectivity index (χ2n) is 2.67. The maximum absolute atomic E-state index is 10.0. The normalized spacial score (nSPS) is 8.20. The summed E-state index contributed by atoms with van der Waals surface area (Å²) >= 11 is 0. The van der Waals surface area contributed by atoms with Crippen molar-refractivity contribution in [1.82, 2.24) is 0 Å². The predicted octanol–water partition coefficient (Wildman–Crippen LogP) is 0.127. The van der Waals surface area contributed by atoms with Crippen molar-refractivity contribution in [1.29, 1.82) is 0 Å². The highest BCUT2D eigenvalue weighted by atomic mass is 16.4. The van der Waals surface area contributed by atoms with Crippen molar-refractivity contribution in [3.63, 3.8) is 0 Å². The molecule has 0 aliphatic heterocycles. The predicted molar refractivity (Wildman–Crippen MR) is 61.8 cm³/mol. The van der Waals surface area contributed by atoms with E-state index in [1.807, 2.05) is 6.92 Å². The molecule has 0 heterocycles. The summed E-state index contributed by atoms with van der Waals surface area (Å²) in [5.41, 5.74) is 0.887. The van der Waals surface area contributed by atoms with Crippen molar-refractivity contribution >= 4 is 24.7 Å². The lowest BCUT2D eigenvalue weighted by atomic mass is 9.80. The Labute approximate surface area is 89.4 Å². The molecule has 1 amide bonds. The molecular formula is C10H14BNO3. The van der Waals surface area contributed by atoms with Crippen LogP contribution in [0.3, 0.4) is 0 Å². The molecule has 0 fully saturated rings. The van der Waals surface area contributed by atoms with Crippen molar-refractivity contribution in [2.45, 2.75) is 6.92 Å². The molecule has 0 unspecified atom stereocenters. The van der Waals surface area contributed by atoms with Gasteiger partial charge in [-0.3, -0.25) is 4.79 Å². The quantitative estimate of drug-likeness (QED) is 0.374. The summed E-state index contributed by atoms with van der Waals surface area (Å²) in [4.78, 5) is 10.0. The summed E-state index contributed by atoms with van der Waals surface area (Å²) in [7, 11) is -1.50. The first-order chi connectivity index (χ1) is 7.15. The fraction of sp³-hybridized carbons (Fsp3) is 0.100. The molecule has 0 aliphatic rings. The number of benzene rings is 1. The molecule has 1 rings (SSSR count). The van der Waals surface area contributed by atoms with Crippen LogP contribution in [-0.4, -0.2) is 23.6 Å². The van der Waals surface area contributed by atoms with Crippen LogP contribution in [0.4, 0.5) is 5.69 Å². The van der Waals surface area contributed by atoms with E-state index in [4.69, 9.17) is 10.0 Å². The van der Waals surface area contributed by atoms with E-state index in [0.717, 1.165) is 0 Å². The number of amides is 1. The maximum Gasteiger partial charge on any atom is 0.488 e. The Kier molecular flexibility index (Phi) is 6.96. The Morgan fingerprint density at radius 2 is 2.07 bits per heavy atom. The van der Waals surface area contributed by atoms with Crippen molar-refractivity contribution in [3.8, 4) is 0 Å². The molecule has 0 aliphatic carbocycles. The summed E-state index contributed by atoms with van der Waals surface area (Å²) in [6.45, 7) is 5.25. The molecule has 0 radical (unpaired) electrons. The Hall–Kier alpha value is -1.59. The number of carbonyl (C=O) groups excluding carboxylic acids is 1. The van der Waals surface area contributed by atoms with Gasteiger partial charge in [-0.05, 0) is 24.5 Å². The molecule has 80 valence electrons. The second kappa shape index (κ2) is 7.79. The second-order valence-corrected chi connectivity index (χ2v) is 2.67. The first-order valence-corrected chi connectivity index (χ1v) is 4.39. The van der Waals surface area contributed by atoms with Gasteiger partial charge in [-0.25, -0.2) is 0 Å². The molecule has 0 bridgehead atoms. The lowest BCUT2D eigenvalue weighted by Gasteiger charge is -2.01. The summed E-state index contributed by atoms with van der Waals surface area (Å²) in [6, 6.07) is 6.32. The minimum Gasteiger partial charge on any atom is -0.423 e. The van der Waals surface area contributed by atoms with E-state index in [2.05, 4.69) is 11.9 Å². The Morgan fingerprint density at radius 3 is 2.53 bits per heavy atom. The first-order valence-electron chi connectivity index (χ1n) is 4.39. The van der Waals surface area contributed by atoms with Crippen LogP contribution < -0.4 is 10.8 Å². The molecule has 15 heavy (non-hydrogen) atoms. The minimum atomic E-state index is -1.50. The third-order valence-corrected chi connectivity index (χ3v) is 1.41. The molecule has 0 saturated heterocycles. The highest BCUT2D eigenvalue weighted by Crippen LogP contribution is 2.01. The SMILES string of the molecule is C=CC.O=CNc1cccc(B(O)O)c1. The molecule has 0 atom stereocenters. The number of rotatable bonds is 3. The zero-order chi connectivity index (χ0) is 11.7. The average molecular weight is 207 g/mol. The fourth-order valence-corrected chi connectivity index (χ4v) is 0.857. The molecule has 1 aromatic carbocycles. The van der Waals surface area contributed by atoms with Gasteiger partial charge in [0.1, 0.15) is 0 Å². The summed E-state index contributed by atoms with van der Waals surface area (Å²) in [6.07, 6.45) is 2.28.